The summed E-state index contributed by atoms with van der Waals surface area (Å²) in [5, 5.41) is 5.47. The molecule has 0 aliphatic carbocycles. The molecule has 0 spiro atoms. The van der Waals surface area contributed by atoms with E-state index in [4.69, 9.17) is 0 Å². The van der Waals surface area contributed by atoms with Crippen molar-refractivity contribution in [2.24, 2.45) is 0 Å². The zero-order chi connectivity index (χ0) is 19.9. The Labute approximate surface area is 161 Å². The maximum absolute atomic E-state index is 13.0. The van der Waals surface area contributed by atoms with E-state index in [0.717, 1.165) is 11.3 Å². The Kier molecular flexibility index (Phi) is 6.06. The van der Waals surface area contributed by atoms with E-state index in [0.29, 0.717) is 24.3 Å². The van der Waals surface area contributed by atoms with Crippen LogP contribution in [0.2, 0.25) is 0 Å². The second-order valence-electron chi connectivity index (χ2n) is 6.13. The van der Waals surface area contributed by atoms with E-state index in [1.165, 1.54) is 19.2 Å². The fourth-order valence-corrected chi connectivity index (χ4v) is 2.74. The van der Waals surface area contributed by atoms with Crippen molar-refractivity contribution in [3.05, 3.63) is 89.5 Å². The average Bonchev–Trinajstić information content (AvgIpc) is 3.14. The molecular weight excluding hydrogens is 361 g/mol. The molecule has 2 N–H and O–H groups in total. The molecule has 0 aliphatic rings. The minimum Gasteiger partial charge on any atom is -0.465 e. The summed E-state index contributed by atoms with van der Waals surface area (Å²) in [6.07, 6.45) is 1.90. The summed E-state index contributed by atoms with van der Waals surface area (Å²) in [5.74, 6) is -0.742. The van der Waals surface area contributed by atoms with E-state index in [1.807, 2.05) is 22.9 Å². The van der Waals surface area contributed by atoms with Crippen LogP contribution in [-0.4, -0.2) is 23.7 Å². The number of ether oxygens (including phenoxy) is 1. The lowest BCUT2D eigenvalue weighted by molar-refractivity contribution is 0.0600. The second kappa shape index (κ2) is 8.85. The Morgan fingerprint density at radius 1 is 1.07 bits per heavy atom. The van der Waals surface area contributed by atoms with E-state index >= 15 is 0 Å². The first kappa shape index (κ1) is 19.2. The highest BCUT2D eigenvalue weighted by atomic mass is 19.1. The number of aromatic nitrogens is 1. The number of anilines is 1. The van der Waals surface area contributed by atoms with Crippen LogP contribution < -0.4 is 10.6 Å². The first-order valence-corrected chi connectivity index (χ1v) is 8.67. The monoisotopic (exact) mass is 381 g/mol. The van der Waals surface area contributed by atoms with Gasteiger partial charge >= 0.3 is 12.0 Å². The van der Waals surface area contributed by atoms with Crippen molar-refractivity contribution >= 4 is 17.7 Å². The van der Waals surface area contributed by atoms with Gasteiger partial charge in [0.2, 0.25) is 0 Å². The number of carbonyl (C=O) groups excluding carboxylic acids is 2. The van der Waals surface area contributed by atoms with Gasteiger partial charge in [0, 0.05) is 24.1 Å². The van der Waals surface area contributed by atoms with Gasteiger partial charge in [-0.15, -0.1) is 0 Å². The van der Waals surface area contributed by atoms with Crippen molar-refractivity contribution in [1.82, 2.24) is 9.88 Å². The maximum Gasteiger partial charge on any atom is 0.337 e. The molecule has 0 aliphatic heterocycles. The van der Waals surface area contributed by atoms with Crippen molar-refractivity contribution in [1.29, 1.82) is 0 Å². The van der Waals surface area contributed by atoms with Crippen LogP contribution in [0.3, 0.4) is 0 Å². The number of carbonyl (C=O) groups is 2. The molecule has 0 bridgehead atoms. The second-order valence-corrected chi connectivity index (χ2v) is 6.13. The molecule has 3 rings (SSSR count). The summed E-state index contributed by atoms with van der Waals surface area (Å²) in [4.78, 5) is 23.7. The lowest BCUT2D eigenvalue weighted by Gasteiger charge is -2.12. The minimum atomic E-state index is -0.470. The van der Waals surface area contributed by atoms with E-state index in [9.17, 15) is 14.0 Å². The number of methoxy groups -OCH3 is 1. The molecule has 0 atom stereocenters. The summed E-state index contributed by atoms with van der Waals surface area (Å²) in [6.45, 7) is 0.893. The highest BCUT2D eigenvalue weighted by Gasteiger charge is 2.09. The van der Waals surface area contributed by atoms with Crippen molar-refractivity contribution in [2.75, 3.05) is 12.4 Å². The van der Waals surface area contributed by atoms with Crippen molar-refractivity contribution in [3.8, 4) is 0 Å². The molecule has 0 fully saturated rings. The van der Waals surface area contributed by atoms with Gasteiger partial charge in [-0.1, -0.05) is 18.2 Å². The zero-order valence-electron chi connectivity index (χ0n) is 15.3. The molecule has 28 heavy (non-hydrogen) atoms. The predicted octanol–water partition coefficient (Wildman–Crippen LogP) is 3.78. The Hall–Kier alpha value is -3.61. The summed E-state index contributed by atoms with van der Waals surface area (Å²) < 4.78 is 19.7. The quantitative estimate of drug-likeness (QED) is 0.638. The van der Waals surface area contributed by atoms with Gasteiger partial charge in [0.15, 0.2) is 0 Å². The van der Waals surface area contributed by atoms with Crippen LogP contribution in [0.4, 0.5) is 14.9 Å². The SMILES string of the molecule is COC(=O)c1cccc(NC(=O)NCc2cccn2Cc2ccc(F)cc2)c1. The van der Waals surface area contributed by atoms with Gasteiger partial charge in [-0.05, 0) is 48.0 Å². The Morgan fingerprint density at radius 2 is 1.86 bits per heavy atom. The maximum atomic E-state index is 13.0. The molecular formula is C21H20FN3O3. The third-order valence-corrected chi connectivity index (χ3v) is 4.16. The fraction of sp³-hybridized carbons (Fsp3) is 0.143. The number of benzene rings is 2. The van der Waals surface area contributed by atoms with Gasteiger partial charge in [0.25, 0.3) is 0 Å². The van der Waals surface area contributed by atoms with Gasteiger partial charge < -0.3 is 19.9 Å². The predicted molar refractivity (Wildman–Crippen MR) is 104 cm³/mol. The van der Waals surface area contributed by atoms with Gasteiger partial charge in [0.05, 0.1) is 19.2 Å². The number of amides is 2. The molecule has 1 aromatic heterocycles. The number of rotatable bonds is 6. The molecule has 1 heterocycles. The number of hydrogen-bond acceptors (Lipinski definition) is 3. The summed E-state index contributed by atoms with van der Waals surface area (Å²) >= 11 is 0. The van der Waals surface area contributed by atoms with Gasteiger partial charge in [0.1, 0.15) is 5.82 Å². The van der Waals surface area contributed by atoms with Crippen LogP contribution in [0.15, 0.2) is 66.9 Å². The van der Waals surface area contributed by atoms with E-state index in [1.54, 1.807) is 36.4 Å². The third-order valence-electron chi connectivity index (χ3n) is 4.16. The van der Waals surface area contributed by atoms with Crippen molar-refractivity contribution in [2.45, 2.75) is 13.1 Å². The van der Waals surface area contributed by atoms with Crippen LogP contribution in [0.1, 0.15) is 21.6 Å². The molecule has 0 saturated heterocycles. The van der Waals surface area contributed by atoms with Crippen LogP contribution in [0, 0.1) is 5.82 Å². The molecule has 0 unspecified atom stereocenters. The lowest BCUT2D eigenvalue weighted by atomic mass is 10.2. The van der Waals surface area contributed by atoms with Crippen molar-refractivity contribution in [3.63, 3.8) is 0 Å². The smallest absolute Gasteiger partial charge is 0.337 e. The van der Waals surface area contributed by atoms with Gasteiger partial charge in [-0.2, -0.15) is 0 Å². The number of esters is 1. The van der Waals surface area contributed by atoms with Crippen molar-refractivity contribution < 1.29 is 18.7 Å². The van der Waals surface area contributed by atoms with Gasteiger partial charge in [-0.3, -0.25) is 0 Å². The van der Waals surface area contributed by atoms with Crippen LogP contribution >= 0.6 is 0 Å². The van der Waals surface area contributed by atoms with Gasteiger partial charge in [-0.25, -0.2) is 14.0 Å². The number of nitrogens with one attached hydrogen (secondary N) is 2. The Morgan fingerprint density at radius 3 is 2.61 bits per heavy atom. The standard InChI is InChI=1S/C21H20FN3O3/c1-28-20(26)16-4-2-5-18(12-16)24-21(27)23-13-19-6-3-11-25(19)14-15-7-9-17(22)10-8-15/h2-12H,13-14H2,1H3,(H2,23,24,27). The third kappa shape index (κ3) is 4.97. The molecule has 3 aromatic rings. The van der Waals surface area contributed by atoms with Crippen LogP contribution in [0.25, 0.3) is 0 Å². The number of nitrogens with zero attached hydrogens (tertiary/aromatic N) is 1. The highest BCUT2D eigenvalue weighted by Crippen LogP contribution is 2.12. The molecule has 2 amide bonds. The lowest BCUT2D eigenvalue weighted by Crippen LogP contribution is -2.29. The number of hydrogen-bond donors (Lipinski definition) is 2. The number of halogens is 1. The number of urea groups is 1. The van der Waals surface area contributed by atoms with E-state index in [-0.39, 0.29) is 5.82 Å². The minimum absolute atomic E-state index is 0.272. The van der Waals surface area contributed by atoms with Crippen LogP contribution in [0.5, 0.6) is 0 Å². The molecule has 0 saturated carbocycles. The normalized spacial score (nSPS) is 10.4. The summed E-state index contributed by atoms with van der Waals surface area (Å²) in [7, 11) is 1.30. The molecule has 144 valence electrons. The first-order chi connectivity index (χ1) is 13.5. The van der Waals surface area contributed by atoms with Crippen LogP contribution in [-0.2, 0) is 17.8 Å². The summed E-state index contributed by atoms with van der Waals surface area (Å²) in [5.41, 5.74) is 2.71. The van der Waals surface area contributed by atoms with E-state index < -0.39 is 12.0 Å². The average molecular weight is 381 g/mol. The molecule has 6 nitrogen and oxygen atoms in total. The molecule has 7 heteroatoms. The Bertz CT molecular complexity index is 967. The highest BCUT2D eigenvalue weighted by molar-refractivity contribution is 5.93. The summed E-state index contributed by atoms with van der Waals surface area (Å²) in [6, 6.07) is 16.2. The molecule has 2 aromatic carbocycles. The zero-order valence-corrected chi connectivity index (χ0v) is 15.3. The van der Waals surface area contributed by atoms with E-state index in [2.05, 4.69) is 15.4 Å². The topological polar surface area (TPSA) is 72.4 Å². The molecule has 0 radical (unpaired) electrons. The largest absolute Gasteiger partial charge is 0.465 e. The fourth-order valence-electron chi connectivity index (χ4n) is 2.74. The first-order valence-electron chi connectivity index (χ1n) is 8.67. The Balaban J connectivity index is 1.57.